The van der Waals surface area contributed by atoms with Crippen LogP contribution in [0.2, 0.25) is 0 Å². The van der Waals surface area contributed by atoms with Gasteiger partial charge < -0.3 is 10.2 Å². The molecular formula is C16H28N2O. The predicted molar refractivity (Wildman–Crippen MR) is 78.8 cm³/mol. The van der Waals surface area contributed by atoms with Crippen LogP contribution in [0.25, 0.3) is 0 Å². The van der Waals surface area contributed by atoms with Gasteiger partial charge in [0, 0.05) is 12.1 Å². The molecule has 1 aliphatic carbocycles. The van der Waals surface area contributed by atoms with E-state index in [1.807, 2.05) is 12.1 Å². The second-order valence-electron chi connectivity index (χ2n) is 7.22. The average Bonchev–Trinajstić information content (AvgIpc) is 2.78. The van der Waals surface area contributed by atoms with Gasteiger partial charge in [0.1, 0.15) is 5.76 Å². The molecule has 0 radical (unpaired) electrons. The van der Waals surface area contributed by atoms with Gasteiger partial charge in [0.05, 0.1) is 12.8 Å². The van der Waals surface area contributed by atoms with Crippen molar-refractivity contribution in [2.45, 2.75) is 52.1 Å². The molecule has 0 aliphatic heterocycles. The van der Waals surface area contributed by atoms with Gasteiger partial charge in [-0.15, -0.1) is 0 Å². The van der Waals surface area contributed by atoms with E-state index in [9.17, 15) is 0 Å². The summed E-state index contributed by atoms with van der Waals surface area (Å²) in [5.74, 6) is 1.75. The van der Waals surface area contributed by atoms with E-state index in [2.05, 4.69) is 32.7 Å². The van der Waals surface area contributed by atoms with Crippen LogP contribution in [0.4, 0.5) is 0 Å². The predicted octanol–water partition coefficient (Wildman–Crippen LogP) is 3.26. The van der Waals surface area contributed by atoms with Gasteiger partial charge in [0.15, 0.2) is 0 Å². The summed E-state index contributed by atoms with van der Waals surface area (Å²) in [6, 6.07) is 3.99. The Kier molecular flexibility index (Phi) is 4.07. The van der Waals surface area contributed by atoms with Crippen LogP contribution in [0.5, 0.6) is 0 Å². The number of rotatable bonds is 4. The molecule has 0 saturated heterocycles. The van der Waals surface area contributed by atoms with Crippen molar-refractivity contribution in [1.29, 1.82) is 0 Å². The Labute approximate surface area is 117 Å². The molecule has 1 heterocycles. The van der Waals surface area contributed by atoms with Gasteiger partial charge in [-0.25, -0.2) is 0 Å². The Bertz CT molecular complexity index is 399. The standard InChI is InChI=1S/C16H28N2O/c1-13-8-15(2,3)11-16(9-13,12-17)18(4)10-14-6-5-7-19-14/h5-7,13H,8-12,17H2,1-4H3. The van der Waals surface area contributed by atoms with Crippen molar-refractivity contribution in [3.63, 3.8) is 0 Å². The first-order valence-electron chi connectivity index (χ1n) is 7.31. The Balaban J connectivity index is 2.16. The SMILES string of the molecule is CC1CC(C)(C)CC(CN)(N(C)Cc2ccco2)C1. The first-order chi connectivity index (χ1) is 8.87. The molecule has 19 heavy (non-hydrogen) atoms. The minimum atomic E-state index is 0.105. The van der Waals surface area contributed by atoms with Crippen LogP contribution in [0, 0.1) is 11.3 Å². The van der Waals surface area contributed by atoms with Gasteiger partial charge in [-0.05, 0) is 49.8 Å². The van der Waals surface area contributed by atoms with Crippen molar-refractivity contribution in [3.8, 4) is 0 Å². The summed E-state index contributed by atoms with van der Waals surface area (Å²) < 4.78 is 5.48. The quantitative estimate of drug-likeness (QED) is 0.907. The lowest BCUT2D eigenvalue weighted by atomic mass is 9.63. The van der Waals surface area contributed by atoms with Crippen LogP contribution in [0.15, 0.2) is 22.8 Å². The van der Waals surface area contributed by atoms with Crippen molar-refractivity contribution >= 4 is 0 Å². The fourth-order valence-corrected chi connectivity index (χ4v) is 4.11. The van der Waals surface area contributed by atoms with E-state index in [0.717, 1.165) is 31.2 Å². The molecule has 3 nitrogen and oxygen atoms in total. The molecular weight excluding hydrogens is 236 g/mol. The van der Waals surface area contributed by atoms with E-state index in [4.69, 9.17) is 10.2 Å². The highest BCUT2D eigenvalue weighted by molar-refractivity contribution is 5.04. The number of nitrogens with zero attached hydrogens (tertiary/aromatic N) is 1. The van der Waals surface area contributed by atoms with Gasteiger partial charge >= 0.3 is 0 Å². The summed E-state index contributed by atoms with van der Waals surface area (Å²) in [5.41, 5.74) is 6.65. The van der Waals surface area contributed by atoms with Crippen molar-refractivity contribution < 1.29 is 4.42 Å². The third-order valence-corrected chi connectivity index (χ3v) is 4.60. The van der Waals surface area contributed by atoms with Crippen molar-refractivity contribution in [2.24, 2.45) is 17.1 Å². The van der Waals surface area contributed by atoms with E-state index in [-0.39, 0.29) is 5.54 Å². The summed E-state index contributed by atoms with van der Waals surface area (Å²) in [5, 5.41) is 0. The topological polar surface area (TPSA) is 42.4 Å². The van der Waals surface area contributed by atoms with Gasteiger partial charge in [-0.2, -0.15) is 0 Å². The molecule has 2 atom stereocenters. The lowest BCUT2D eigenvalue weighted by molar-refractivity contribution is -0.00413. The third kappa shape index (κ3) is 3.21. The number of hydrogen-bond donors (Lipinski definition) is 1. The maximum absolute atomic E-state index is 6.18. The normalized spacial score (nSPS) is 30.7. The van der Waals surface area contributed by atoms with E-state index in [1.165, 1.54) is 12.8 Å². The molecule has 1 saturated carbocycles. The lowest BCUT2D eigenvalue weighted by Gasteiger charge is -2.51. The Hall–Kier alpha value is -0.800. The van der Waals surface area contributed by atoms with Crippen molar-refractivity contribution in [3.05, 3.63) is 24.2 Å². The molecule has 3 heteroatoms. The van der Waals surface area contributed by atoms with Crippen LogP contribution in [-0.4, -0.2) is 24.0 Å². The van der Waals surface area contributed by atoms with E-state index < -0.39 is 0 Å². The molecule has 108 valence electrons. The fourth-order valence-electron chi connectivity index (χ4n) is 4.11. The Morgan fingerprint density at radius 1 is 1.42 bits per heavy atom. The van der Waals surface area contributed by atoms with Crippen LogP contribution in [-0.2, 0) is 6.54 Å². The molecule has 0 aromatic carbocycles. The van der Waals surface area contributed by atoms with E-state index >= 15 is 0 Å². The smallest absolute Gasteiger partial charge is 0.117 e. The molecule has 1 aromatic heterocycles. The number of likely N-dealkylation sites (N-methyl/N-ethyl adjacent to an activating group) is 1. The minimum absolute atomic E-state index is 0.105. The molecule has 2 unspecified atom stereocenters. The number of hydrogen-bond acceptors (Lipinski definition) is 3. The third-order valence-electron chi connectivity index (χ3n) is 4.60. The zero-order chi connectivity index (χ0) is 14.1. The van der Waals surface area contributed by atoms with Gasteiger partial charge in [0.25, 0.3) is 0 Å². The summed E-state index contributed by atoms with van der Waals surface area (Å²) in [7, 11) is 2.18. The maximum Gasteiger partial charge on any atom is 0.117 e. The van der Waals surface area contributed by atoms with Crippen LogP contribution >= 0.6 is 0 Å². The summed E-state index contributed by atoms with van der Waals surface area (Å²) in [6.07, 6.45) is 5.39. The molecule has 2 N–H and O–H groups in total. The fraction of sp³-hybridized carbons (Fsp3) is 0.750. The highest BCUT2D eigenvalue weighted by Gasteiger charge is 2.44. The molecule has 1 fully saturated rings. The van der Waals surface area contributed by atoms with Crippen LogP contribution < -0.4 is 5.73 Å². The highest BCUT2D eigenvalue weighted by atomic mass is 16.3. The van der Waals surface area contributed by atoms with Gasteiger partial charge in [-0.1, -0.05) is 20.8 Å². The molecule has 1 aliphatic rings. The van der Waals surface area contributed by atoms with Gasteiger partial charge in [0.2, 0.25) is 0 Å². The maximum atomic E-state index is 6.18. The highest BCUT2D eigenvalue weighted by Crippen LogP contribution is 2.46. The largest absolute Gasteiger partial charge is 0.468 e. The minimum Gasteiger partial charge on any atom is -0.468 e. The molecule has 0 amide bonds. The first-order valence-corrected chi connectivity index (χ1v) is 7.31. The Morgan fingerprint density at radius 2 is 2.16 bits per heavy atom. The lowest BCUT2D eigenvalue weighted by Crippen LogP contribution is -2.57. The van der Waals surface area contributed by atoms with Gasteiger partial charge in [-0.3, -0.25) is 4.90 Å². The van der Waals surface area contributed by atoms with Crippen LogP contribution in [0.1, 0.15) is 45.8 Å². The number of nitrogens with two attached hydrogens (primary N) is 1. The average molecular weight is 264 g/mol. The number of furan rings is 1. The van der Waals surface area contributed by atoms with E-state index in [1.54, 1.807) is 6.26 Å². The van der Waals surface area contributed by atoms with E-state index in [0.29, 0.717) is 5.41 Å². The summed E-state index contributed by atoms with van der Waals surface area (Å²) in [6.45, 7) is 8.65. The summed E-state index contributed by atoms with van der Waals surface area (Å²) >= 11 is 0. The molecule has 2 rings (SSSR count). The second kappa shape index (κ2) is 5.29. The molecule has 0 spiro atoms. The molecule has 0 bridgehead atoms. The monoisotopic (exact) mass is 264 g/mol. The van der Waals surface area contributed by atoms with Crippen molar-refractivity contribution in [2.75, 3.05) is 13.6 Å². The zero-order valence-electron chi connectivity index (χ0n) is 12.8. The van der Waals surface area contributed by atoms with Crippen molar-refractivity contribution in [1.82, 2.24) is 4.90 Å². The Morgan fingerprint density at radius 3 is 2.68 bits per heavy atom. The first kappa shape index (κ1) is 14.6. The second-order valence-corrected chi connectivity index (χ2v) is 7.22. The van der Waals surface area contributed by atoms with Crippen LogP contribution in [0.3, 0.4) is 0 Å². The zero-order valence-corrected chi connectivity index (χ0v) is 12.8. The molecule has 1 aromatic rings. The summed E-state index contributed by atoms with van der Waals surface area (Å²) in [4.78, 5) is 2.41.